The van der Waals surface area contributed by atoms with E-state index in [1.165, 1.54) is 5.39 Å². The van der Waals surface area contributed by atoms with Crippen molar-refractivity contribution in [2.75, 3.05) is 0 Å². The number of hydrogen-bond acceptors (Lipinski definition) is 2. The summed E-state index contributed by atoms with van der Waals surface area (Å²) in [7, 11) is 0. The number of aliphatic hydroxyl groups is 1. The first-order chi connectivity index (χ1) is 8.24. The Kier molecular flexibility index (Phi) is 3.77. The second-order valence-corrected chi connectivity index (χ2v) is 4.45. The molecule has 3 N–H and O–H groups in total. The van der Waals surface area contributed by atoms with Crippen LogP contribution in [-0.4, -0.2) is 11.2 Å². The van der Waals surface area contributed by atoms with Crippen LogP contribution in [0.2, 0.25) is 0 Å². The summed E-state index contributed by atoms with van der Waals surface area (Å²) in [6.45, 7) is 2.05. The third-order valence-corrected chi connectivity index (χ3v) is 3.18. The first-order valence-electron chi connectivity index (χ1n) is 6.15. The van der Waals surface area contributed by atoms with Gasteiger partial charge in [-0.15, -0.1) is 0 Å². The van der Waals surface area contributed by atoms with Gasteiger partial charge in [-0.3, -0.25) is 0 Å². The lowest BCUT2D eigenvalue weighted by Gasteiger charge is -2.20. The molecule has 0 aromatic heterocycles. The van der Waals surface area contributed by atoms with Gasteiger partial charge in [-0.05, 0) is 22.8 Å². The summed E-state index contributed by atoms with van der Waals surface area (Å²) >= 11 is 0. The Bertz CT molecular complexity index is 490. The van der Waals surface area contributed by atoms with Gasteiger partial charge in [-0.1, -0.05) is 55.8 Å². The maximum absolute atomic E-state index is 10.0. The summed E-state index contributed by atoms with van der Waals surface area (Å²) in [6.07, 6.45) is 1.22. The highest BCUT2D eigenvalue weighted by molar-refractivity contribution is 5.86. The molecule has 0 amide bonds. The average Bonchev–Trinajstić information content (AvgIpc) is 2.37. The van der Waals surface area contributed by atoms with E-state index in [0.29, 0.717) is 0 Å². The molecule has 2 nitrogen and oxygen atoms in total. The second-order valence-electron chi connectivity index (χ2n) is 4.45. The third-order valence-electron chi connectivity index (χ3n) is 3.18. The van der Waals surface area contributed by atoms with E-state index in [-0.39, 0.29) is 6.04 Å². The molecule has 0 radical (unpaired) electrons. The average molecular weight is 229 g/mol. The molecule has 2 atom stereocenters. The lowest BCUT2D eigenvalue weighted by atomic mass is 9.94. The van der Waals surface area contributed by atoms with E-state index < -0.39 is 6.10 Å². The largest absolute Gasteiger partial charge is 0.391 e. The maximum Gasteiger partial charge on any atom is 0.0732 e. The van der Waals surface area contributed by atoms with E-state index in [0.717, 1.165) is 23.8 Å². The number of fused-ring (bicyclic) bond motifs is 1. The fraction of sp³-hybridized carbons (Fsp3) is 0.333. The van der Waals surface area contributed by atoms with Gasteiger partial charge in [0, 0.05) is 0 Å². The molecule has 0 bridgehead atoms. The van der Waals surface area contributed by atoms with Crippen molar-refractivity contribution >= 4 is 10.8 Å². The highest BCUT2D eigenvalue weighted by Crippen LogP contribution is 2.26. The molecule has 2 rings (SSSR count). The number of benzene rings is 2. The molecule has 0 unspecified atom stereocenters. The van der Waals surface area contributed by atoms with Gasteiger partial charge in [0.05, 0.1) is 12.1 Å². The molecule has 0 aliphatic carbocycles. The van der Waals surface area contributed by atoms with Crippen molar-refractivity contribution in [2.45, 2.75) is 31.9 Å². The molecule has 2 aromatic rings. The predicted octanol–water partition coefficient (Wildman–Crippen LogP) is 3.00. The molecule has 0 spiro atoms. The fourth-order valence-corrected chi connectivity index (χ4v) is 2.22. The second kappa shape index (κ2) is 5.30. The quantitative estimate of drug-likeness (QED) is 0.846. The monoisotopic (exact) mass is 229 g/mol. The van der Waals surface area contributed by atoms with Crippen LogP contribution in [0.5, 0.6) is 0 Å². The van der Waals surface area contributed by atoms with Crippen LogP contribution in [0.1, 0.15) is 31.4 Å². The summed E-state index contributed by atoms with van der Waals surface area (Å²) in [6, 6.07) is 13.9. The molecule has 0 saturated carbocycles. The van der Waals surface area contributed by atoms with Crippen molar-refractivity contribution in [3.05, 3.63) is 48.0 Å². The zero-order valence-corrected chi connectivity index (χ0v) is 10.1. The van der Waals surface area contributed by atoms with E-state index in [2.05, 4.69) is 25.1 Å². The van der Waals surface area contributed by atoms with Crippen molar-refractivity contribution in [1.29, 1.82) is 0 Å². The van der Waals surface area contributed by atoms with Crippen LogP contribution in [0.4, 0.5) is 0 Å². The number of nitrogens with two attached hydrogens (primary N) is 1. The molecular formula is C15H19NO. The van der Waals surface area contributed by atoms with Crippen molar-refractivity contribution in [2.24, 2.45) is 5.73 Å². The Morgan fingerprint density at radius 2 is 1.82 bits per heavy atom. The smallest absolute Gasteiger partial charge is 0.0732 e. The molecule has 0 aliphatic heterocycles. The zero-order chi connectivity index (χ0) is 12.3. The topological polar surface area (TPSA) is 46.2 Å². The van der Waals surface area contributed by atoms with Crippen molar-refractivity contribution in [1.82, 2.24) is 0 Å². The standard InChI is InChI=1S/C15H19NO/c1-2-6-14(17)15(16)13-10-5-8-11-7-3-4-9-12(11)13/h3-5,7-10,14-15,17H,2,6,16H2,1H3/t14-,15+/m1/s1. The third kappa shape index (κ3) is 2.48. The Hall–Kier alpha value is -1.38. The van der Waals surface area contributed by atoms with E-state index >= 15 is 0 Å². The Balaban J connectivity index is 2.41. The molecule has 90 valence electrons. The number of rotatable bonds is 4. The first kappa shape index (κ1) is 12.1. The molecule has 0 heterocycles. The number of aliphatic hydroxyl groups excluding tert-OH is 1. The molecule has 0 aliphatic rings. The predicted molar refractivity (Wildman–Crippen MR) is 71.8 cm³/mol. The van der Waals surface area contributed by atoms with Crippen molar-refractivity contribution in [3.8, 4) is 0 Å². The fourth-order valence-electron chi connectivity index (χ4n) is 2.22. The van der Waals surface area contributed by atoms with Crippen molar-refractivity contribution < 1.29 is 5.11 Å². The molecule has 17 heavy (non-hydrogen) atoms. The minimum Gasteiger partial charge on any atom is -0.391 e. The van der Waals surface area contributed by atoms with Gasteiger partial charge < -0.3 is 10.8 Å². The van der Waals surface area contributed by atoms with E-state index in [9.17, 15) is 5.11 Å². The van der Waals surface area contributed by atoms with Gasteiger partial charge in [-0.25, -0.2) is 0 Å². The number of hydrogen-bond donors (Lipinski definition) is 2. The van der Waals surface area contributed by atoms with Gasteiger partial charge in [0.2, 0.25) is 0 Å². The van der Waals surface area contributed by atoms with E-state index in [1.54, 1.807) is 0 Å². The van der Waals surface area contributed by atoms with E-state index in [4.69, 9.17) is 5.73 Å². The van der Waals surface area contributed by atoms with Crippen molar-refractivity contribution in [3.63, 3.8) is 0 Å². The highest BCUT2D eigenvalue weighted by atomic mass is 16.3. The van der Waals surface area contributed by atoms with Gasteiger partial charge in [0.25, 0.3) is 0 Å². The normalized spacial score (nSPS) is 14.8. The summed E-state index contributed by atoms with van der Waals surface area (Å²) in [5.41, 5.74) is 7.17. The summed E-state index contributed by atoms with van der Waals surface area (Å²) in [5.74, 6) is 0. The van der Waals surface area contributed by atoms with Crippen LogP contribution < -0.4 is 5.73 Å². The molecule has 0 saturated heterocycles. The molecule has 2 heteroatoms. The van der Waals surface area contributed by atoms with Gasteiger partial charge in [0.1, 0.15) is 0 Å². The summed E-state index contributed by atoms with van der Waals surface area (Å²) in [5, 5.41) is 12.3. The van der Waals surface area contributed by atoms with Crippen LogP contribution in [0.3, 0.4) is 0 Å². The Labute approximate surface area is 102 Å². The van der Waals surface area contributed by atoms with Crippen LogP contribution in [0, 0.1) is 0 Å². The lowest BCUT2D eigenvalue weighted by molar-refractivity contribution is 0.135. The Morgan fingerprint density at radius 3 is 2.59 bits per heavy atom. The first-order valence-corrected chi connectivity index (χ1v) is 6.15. The van der Waals surface area contributed by atoms with Crippen LogP contribution in [-0.2, 0) is 0 Å². The lowest BCUT2D eigenvalue weighted by Crippen LogP contribution is -2.26. The Morgan fingerprint density at radius 1 is 1.12 bits per heavy atom. The SMILES string of the molecule is CCC[C@@H](O)[C@@H](N)c1cccc2ccccc12. The van der Waals surface area contributed by atoms with Gasteiger partial charge in [0.15, 0.2) is 0 Å². The maximum atomic E-state index is 10.0. The van der Waals surface area contributed by atoms with E-state index in [1.807, 2.05) is 24.3 Å². The summed E-state index contributed by atoms with van der Waals surface area (Å²) < 4.78 is 0. The molecule has 2 aromatic carbocycles. The van der Waals surface area contributed by atoms with Crippen LogP contribution >= 0.6 is 0 Å². The zero-order valence-electron chi connectivity index (χ0n) is 10.1. The molecular weight excluding hydrogens is 210 g/mol. The molecule has 0 fully saturated rings. The minimum absolute atomic E-state index is 0.305. The van der Waals surface area contributed by atoms with Crippen LogP contribution in [0.25, 0.3) is 10.8 Å². The highest BCUT2D eigenvalue weighted by Gasteiger charge is 2.17. The van der Waals surface area contributed by atoms with Crippen LogP contribution in [0.15, 0.2) is 42.5 Å². The van der Waals surface area contributed by atoms with Gasteiger partial charge >= 0.3 is 0 Å². The summed E-state index contributed by atoms with van der Waals surface area (Å²) in [4.78, 5) is 0. The van der Waals surface area contributed by atoms with Gasteiger partial charge in [-0.2, -0.15) is 0 Å². The minimum atomic E-state index is -0.467.